The van der Waals surface area contributed by atoms with Crippen molar-refractivity contribution in [3.63, 3.8) is 0 Å². The number of hydrogen-bond donors (Lipinski definition) is 1. The molecule has 9 nitrogen and oxygen atoms in total. The highest BCUT2D eigenvalue weighted by Gasteiger charge is 2.36. The van der Waals surface area contributed by atoms with E-state index in [2.05, 4.69) is 0 Å². The Bertz CT molecular complexity index is 880. The van der Waals surface area contributed by atoms with Crippen molar-refractivity contribution >= 4 is 23.9 Å². The Balaban J connectivity index is 3.18. The molecule has 0 spiro atoms. The number of ether oxygens (including phenoxy) is 4. The maximum atomic E-state index is 12.5. The smallest absolute Gasteiger partial charge is 0.326 e. The van der Waals surface area contributed by atoms with Gasteiger partial charge in [-0.1, -0.05) is 47.6 Å². The lowest BCUT2D eigenvalue weighted by Crippen LogP contribution is -2.51. The Morgan fingerprint density at radius 3 is 1.97 bits per heavy atom. The highest BCUT2D eigenvalue weighted by molar-refractivity contribution is 5.81. The summed E-state index contributed by atoms with van der Waals surface area (Å²) in [6.07, 6.45) is 0.660. The Hall–Kier alpha value is -2.94. The summed E-state index contributed by atoms with van der Waals surface area (Å²) in [7, 11) is 1.22. The standard InChI is InChI=1S/C25H37NO8/c1-8-17(6)23(29)32-12-11-25(26,24(30)31-7)14-18-9-10-19(33-21(27)15(2)3)20(13-18)34-22(28)16(4)5/h9-10,13,15-17H,8,11-12,14,26H2,1-7H3/t17?,25-/m1/s1. The number of nitrogens with two attached hydrogens (primary N) is 1. The lowest BCUT2D eigenvalue weighted by molar-refractivity contribution is -0.153. The van der Waals surface area contributed by atoms with Crippen LogP contribution in [0.15, 0.2) is 18.2 Å². The van der Waals surface area contributed by atoms with Crippen LogP contribution in [0.2, 0.25) is 0 Å². The predicted molar refractivity (Wildman–Crippen MR) is 125 cm³/mol. The number of hydrogen-bond acceptors (Lipinski definition) is 9. The van der Waals surface area contributed by atoms with Gasteiger partial charge in [-0.2, -0.15) is 0 Å². The second kappa shape index (κ2) is 13.1. The molecule has 0 aliphatic heterocycles. The predicted octanol–water partition coefficient (Wildman–Crippen LogP) is 3.20. The summed E-state index contributed by atoms with van der Waals surface area (Å²) in [6, 6.07) is 4.60. The maximum absolute atomic E-state index is 12.5. The topological polar surface area (TPSA) is 131 Å². The first kappa shape index (κ1) is 29.1. The lowest BCUT2D eigenvalue weighted by atomic mass is 9.88. The average Bonchev–Trinajstić information content (AvgIpc) is 2.78. The quantitative estimate of drug-likeness (QED) is 0.354. The molecule has 190 valence electrons. The molecule has 0 aromatic heterocycles. The first-order valence-corrected chi connectivity index (χ1v) is 11.4. The monoisotopic (exact) mass is 479 g/mol. The van der Waals surface area contributed by atoms with E-state index in [0.717, 1.165) is 0 Å². The van der Waals surface area contributed by atoms with E-state index in [9.17, 15) is 19.2 Å². The summed E-state index contributed by atoms with van der Waals surface area (Å²) in [5.74, 6) is -2.98. The zero-order valence-electron chi connectivity index (χ0n) is 21.1. The third-order valence-corrected chi connectivity index (χ3v) is 5.29. The molecule has 2 N–H and O–H groups in total. The normalized spacial score (nSPS) is 13.7. The van der Waals surface area contributed by atoms with Crippen LogP contribution in [0.3, 0.4) is 0 Å². The SMILES string of the molecule is CCC(C)C(=O)OCC[C@@](N)(Cc1ccc(OC(=O)C(C)C)c(OC(=O)C(C)C)c1)C(=O)OC. The first-order valence-electron chi connectivity index (χ1n) is 11.4. The van der Waals surface area contributed by atoms with Crippen molar-refractivity contribution in [1.29, 1.82) is 0 Å². The molecule has 1 rings (SSSR count). The van der Waals surface area contributed by atoms with E-state index in [0.29, 0.717) is 12.0 Å². The van der Waals surface area contributed by atoms with Gasteiger partial charge in [0, 0.05) is 12.8 Å². The number of carbonyl (C=O) groups is 4. The Morgan fingerprint density at radius 1 is 0.912 bits per heavy atom. The minimum atomic E-state index is -1.50. The molecule has 1 aromatic rings. The van der Waals surface area contributed by atoms with Gasteiger partial charge in [-0.25, -0.2) is 0 Å². The third-order valence-electron chi connectivity index (χ3n) is 5.29. The van der Waals surface area contributed by atoms with E-state index in [-0.39, 0.29) is 48.8 Å². The van der Waals surface area contributed by atoms with Crippen molar-refractivity contribution in [1.82, 2.24) is 0 Å². The van der Waals surface area contributed by atoms with Gasteiger partial charge in [0.2, 0.25) is 0 Å². The van der Waals surface area contributed by atoms with E-state index < -0.39 is 29.4 Å². The highest BCUT2D eigenvalue weighted by atomic mass is 16.6. The van der Waals surface area contributed by atoms with E-state index in [1.807, 2.05) is 6.92 Å². The van der Waals surface area contributed by atoms with Crippen LogP contribution in [0.1, 0.15) is 59.9 Å². The fourth-order valence-electron chi connectivity index (χ4n) is 2.75. The molecular weight excluding hydrogens is 442 g/mol. The van der Waals surface area contributed by atoms with Crippen LogP contribution in [0.5, 0.6) is 11.5 Å². The molecular formula is C25H37NO8. The number of benzene rings is 1. The van der Waals surface area contributed by atoms with Crippen LogP contribution in [-0.2, 0) is 35.1 Å². The molecule has 0 radical (unpaired) electrons. The molecule has 0 aliphatic rings. The first-order chi connectivity index (χ1) is 15.8. The van der Waals surface area contributed by atoms with Crippen LogP contribution in [0.25, 0.3) is 0 Å². The van der Waals surface area contributed by atoms with E-state index in [1.165, 1.54) is 19.2 Å². The molecule has 1 aromatic carbocycles. The van der Waals surface area contributed by atoms with E-state index >= 15 is 0 Å². The summed E-state index contributed by atoms with van der Waals surface area (Å²) in [4.78, 5) is 48.8. The molecule has 0 saturated carbocycles. The van der Waals surface area contributed by atoms with Crippen LogP contribution in [-0.4, -0.2) is 43.1 Å². The molecule has 0 fully saturated rings. The van der Waals surface area contributed by atoms with Gasteiger partial charge in [0.1, 0.15) is 5.54 Å². The summed E-state index contributed by atoms with van der Waals surface area (Å²) < 4.78 is 20.9. The number of carbonyl (C=O) groups excluding carboxylic acids is 4. The zero-order valence-corrected chi connectivity index (χ0v) is 21.1. The fourth-order valence-corrected chi connectivity index (χ4v) is 2.75. The second-order valence-electron chi connectivity index (χ2n) is 8.98. The van der Waals surface area contributed by atoms with Gasteiger partial charge >= 0.3 is 23.9 Å². The van der Waals surface area contributed by atoms with Crippen LogP contribution >= 0.6 is 0 Å². The largest absolute Gasteiger partial charge is 0.468 e. The Labute approximate surface area is 201 Å². The minimum Gasteiger partial charge on any atom is -0.468 e. The molecule has 0 bridgehead atoms. The molecule has 0 amide bonds. The molecule has 34 heavy (non-hydrogen) atoms. The van der Waals surface area contributed by atoms with Crippen LogP contribution in [0, 0.1) is 17.8 Å². The second-order valence-corrected chi connectivity index (χ2v) is 8.98. The summed E-state index contributed by atoms with van der Waals surface area (Å²) in [5.41, 5.74) is 5.42. The molecule has 1 unspecified atom stereocenters. The Morgan fingerprint density at radius 2 is 1.47 bits per heavy atom. The molecule has 2 atom stereocenters. The van der Waals surface area contributed by atoms with Gasteiger partial charge in [0.05, 0.1) is 31.5 Å². The molecule has 0 heterocycles. The van der Waals surface area contributed by atoms with E-state index in [1.54, 1.807) is 40.7 Å². The highest BCUT2D eigenvalue weighted by Crippen LogP contribution is 2.31. The third kappa shape index (κ3) is 8.44. The van der Waals surface area contributed by atoms with Crippen LogP contribution < -0.4 is 15.2 Å². The van der Waals surface area contributed by atoms with E-state index in [4.69, 9.17) is 24.7 Å². The van der Waals surface area contributed by atoms with Gasteiger partial charge in [-0.3, -0.25) is 19.2 Å². The number of methoxy groups -OCH3 is 1. The summed E-state index contributed by atoms with van der Waals surface area (Å²) >= 11 is 0. The van der Waals surface area contributed by atoms with Crippen molar-refractivity contribution in [3.8, 4) is 11.5 Å². The van der Waals surface area contributed by atoms with Crippen LogP contribution in [0.4, 0.5) is 0 Å². The van der Waals surface area contributed by atoms with Crippen molar-refractivity contribution in [2.45, 2.75) is 66.3 Å². The van der Waals surface area contributed by atoms with Crippen molar-refractivity contribution in [2.75, 3.05) is 13.7 Å². The van der Waals surface area contributed by atoms with Gasteiger partial charge in [0.15, 0.2) is 11.5 Å². The summed E-state index contributed by atoms with van der Waals surface area (Å²) in [5, 5.41) is 0. The molecule has 0 aliphatic carbocycles. The van der Waals surface area contributed by atoms with Gasteiger partial charge < -0.3 is 24.7 Å². The minimum absolute atomic E-state index is 0.00515. The van der Waals surface area contributed by atoms with Crippen molar-refractivity contribution in [2.24, 2.45) is 23.5 Å². The molecule has 0 saturated heterocycles. The maximum Gasteiger partial charge on any atom is 0.326 e. The van der Waals surface area contributed by atoms with Gasteiger partial charge in [-0.05, 0) is 24.1 Å². The number of esters is 4. The lowest BCUT2D eigenvalue weighted by Gasteiger charge is -2.27. The average molecular weight is 480 g/mol. The fraction of sp³-hybridized carbons (Fsp3) is 0.600. The van der Waals surface area contributed by atoms with Crippen molar-refractivity contribution < 1.29 is 38.1 Å². The number of rotatable bonds is 12. The van der Waals surface area contributed by atoms with Crippen molar-refractivity contribution in [3.05, 3.63) is 23.8 Å². The zero-order chi connectivity index (χ0) is 26.1. The van der Waals surface area contributed by atoms with Gasteiger partial charge in [-0.15, -0.1) is 0 Å². The molecule has 9 heteroatoms. The summed E-state index contributed by atoms with van der Waals surface area (Å²) in [6.45, 7) is 10.3. The van der Waals surface area contributed by atoms with Gasteiger partial charge in [0.25, 0.3) is 0 Å². The Kier molecular flexibility index (Phi) is 11.2.